The lowest BCUT2D eigenvalue weighted by molar-refractivity contribution is -0.189. The fraction of sp³-hybridized carbons (Fsp3) is 0.667. The Hall–Kier alpha value is -2.12. The van der Waals surface area contributed by atoms with Crippen LogP contribution in [0.2, 0.25) is 0 Å². The van der Waals surface area contributed by atoms with E-state index in [9.17, 15) is 39.6 Å². The molecule has 0 heterocycles. The fourth-order valence-electron chi connectivity index (χ4n) is 3.96. The Labute approximate surface area is 116 Å². The fourth-order valence-corrected chi connectivity index (χ4v) is 3.96. The molecule has 3 aliphatic carbocycles. The zero-order valence-electron chi connectivity index (χ0n) is 10.3. The average molecular weight is 290 g/mol. The van der Waals surface area contributed by atoms with Crippen LogP contribution in [0.5, 0.6) is 0 Å². The summed E-state index contributed by atoms with van der Waals surface area (Å²) in [6, 6.07) is 0. The highest BCUT2D eigenvalue weighted by atomic mass is 16.4. The molecule has 8 heteroatoms. The molecule has 0 amide bonds. The van der Waals surface area contributed by atoms with E-state index in [-0.39, 0.29) is 15.7 Å². The molecule has 8 nitrogen and oxygen atoms in total. The molecule has 0 saturated heterocycles. The van der Waals surface area contributed by atoms with E-state index in [0.29, 0.717) is 0 Å². The average Bonchev–Trinajstić information content (AvgIpc) is 2.36. The van der Waals surface area contributed by atoms with Crippen LogP contribution < -0.4 is 0 Å². The number of aliphatic carboxylic acids is 4. The minimum Gasteiger partial charge on any atom is -0.481 e. The second kappa shape index (κ2) is 4.77. The van der Waals surface area contributed by atoms with E-state index in [1.165, 1.54) is 0 Å². The molecular weight excluding hydrogens is 272 g/mol. The first-order valence-electron chi connectivity index (χ1n) is 6.18. The monoisotopic (exact) mass is 290 g/mol. The molecule has 0 aromatic carbocycles. The second-order valence-electron chi connectivity index (χ2n) is 5.36. The van der Waals surface area contributed by atoms with Crippen molar-refractivity contribution in [3.05, 3.63) is 0 Å². The molecule has 0 spiro atoms. The highest BCUT2D eigenvalue weighted by Gasteiger charge is 2.62. The van der Waals surface area contributed by atoms with Crippen molar-refractivity contribution in [2.24, 2.45) is 35.5 Å². The minimum absolute atomic E-state index is 0. The van der Waals surface area contributed by atoms with E-state index in [4.69, 9.17) is 0 Å². The minimum atomic E-state index is -1.37. The highest BCUT2D eigenvalue weighted by molar-refractivity contribution is 5.87. The van der Waals surface area contributed by atoms with Gasteiger partial charge in [0.15, 0.2) is 0 Å². The first kappa shape index (κ1) is 14.3. The van der Waals surface area contributed by atoms with Crippen molar-refractivity contribution in [2.75, 3.05) is 0 Å². The van der Waals surface area contributed by atoms with Gasteiger partial charge in [0, 0.05) is 2.85 Å². The van der Waals surface area contributed by atoms with Gasteiger partial charge >= 0.3 is 23.9 Å². The third-order valence-corrected chi connectivity index (χ3v) is 4.59. The molecule has 0 aromatic heterocycles. The number of hydrogen-bond donors (Lipinski definition) is 4. The van der Waals surface area contributed by atoms with Gasteiger partial charge < -0.3 is 20.4 Å². The molecular formula is C12H18O8. The summed E-state index contributed by atoms with van der Waals surface area (Å²) in [5.41, 5.74) is 0. The molecule has 2 bridgehead atoms. The largest absolute Gasteiger partial charge is 0.481 e. The summed E-state index contributed by atoms with van der Waals surface area (Å²) >= 11 is 0. The van der Waals surface area contributed by atoms with Gasteiger partial charge in [-0.15, -0.1) is 0 Å². The molecule has 0 aromatic rings. The van der Waals surface area contributed by atoms with Crippen molar-refractivity contribution in [2.45, 2.75) is 12.8 Å². The number of hydrogen-bond acceptors (Lipinski definition) is 4. The van der Waals surface area contributed by atoms with Gasteiger partial charge in [-0.2, -0.15) is 0 Å². The number of carboxylic acids is 4. The zero-order valence-corrected chi connectivity index (χ0v) is 10.3. The van der Waals surface area contributed by atoms with E-state index < -0.39 is 59.4 Å². The maximum absolute atomic E-state index is 11.3. The quantitative estimate of drug-likeness (QED) is 0.578. The van der Waals surface area contributed by atoms with Gasteiger partial charge in [0.05, 0.1) is 23.7 Å². The molecule has 20 heavy (non-hydrogen) atoms. The zero-order chi connectivity index (χ0) is 15.2. The van der Waals surface area contributed by atoms with Gasteiger partial charge in [-0.25, -0.2) is 0 Å². The predicted molar refractivity (Wildman–Crippen MR) is 64.9 cm³/mol. The lowest BCUT2D eigenvalue weighted by Gasteiger charge is -2.51. The van der Waals surface area contributed by atoms with Crippen LogP contribution in [0, 0.1) is 35.5 Å². The number of rotatable bonds is 4. The van der Waals surface area contributed by atoms with Crippen LogP contribution in [-0.2, 0) is 19.2 Å². The molecule has 4 atom stereocenters. The summed E-state index contributed by atoms with van der Waals surface area (Å²) in [5.74, 6) is -12.8. The van der Waals surface area contributed by atoms with E-state index in [0.717, 1.165) is 0 Å². The third-order valence-electron chi connectivity index (χ3n) is 4.59. The highest BCUT2D eigenvalue weighted by Crippen LogP contribution is 2.55. The van der Waals surface area contributed by atoms with Gasteiger partial charge in [-0.05, 0) is 24.7 Å². The van der Waals surface area contributed by atoms with E-state index in [1.807, 2.05) is 0 Å². The topological polar surface area (TPSA) is 149 Å². The first-order chi connectivity index (χ1) is 9.27. The third kappa shape index (κ3) is 1.91. The molecule has 4 unspecified atom stereocenters. The smallest absolute Gasteiger partial charge is 0.307 e. The van der Waals surface area contributed by atoms with Crippen LogP contribution in [-0.4, -0.2) is 44.3 Å². The summed E-state index contributed by atoms with van der Waals surface area (Å²) in [5, 5.41) is 36.8. The molecule has 0 aliphatic heterocycles. The van der Waals surface area contributed by atoms with Crippen LogP contribution >= 0.6 is 0 Å². The predicted octanol–water partition coefficient (Wildman–Crippen LogP) is 0.321. The summed E-state index contributed by atoms with van der Waals surface area (Å²) in [6.45, 7) is 0. The van der Waals surface area contributed by atoms with Crippen molar-refractivity contribution < 1.29 is 42.5 Å². The summed E-state index contributed by atoms with van der Waals surface area (Å²) in [6.07, 6.45) is 0.457. The van der Waals surface area contributed by atoms with Crippen molar-refractivity contribution in [3.8, 4) is 0 Å². The molecule has 3 fully saturated rings. The summed E-state index contributed by atoms with van der Waals surface area (Å²) < 4.78 is 0. The number of carboxylic acid groups (broad SMARTS) is 4. The van der Waals surface area contributed by atoms with Crippen LogP contribution in [0.15, 0.2) is 0 Å². The molecule has 3 rings (SSSR count). The van der Waals surface area contributed by atoms with Crippen molar-refractivity contribution in [1.82, 2.24) is 0 Å². The first-order valence-corrected chi connectivity index (χ1v) is 6.18. The summed E-state index contributed by atoms with van der Waals surface area (Å²) in [7, 11) is 0. The van der Waals surface area contributed by atoms with E-state index in [2.05, 4.69) is 0 Å². The van der Waals surface area contributed by atoms with E-state index >= 15 is 0 Å². The molecule has 3 aliphatic rings. The van der Waals surface area contributed by atoms with Crippen LogP contribution in [0.3, 0.4) is 0 Å². The Kier molecular flexibility index (Phi) is 3.41. The SMILES string of the molecule is O=C(O)C1C2CCC(C1C(=O)O)C(C(=O)O)C2C(=O)O.[HH].[HH]. The Bertz CT molecular complexity index is 410. The number of fused-ring (bicyclic) bond motifs is 3. The molecule has 0 radical (unpaired) electrons. The van der Waals surface area contributed by atoms with E-state index in [1.54, 1.807) is 0 Å². The second-order valence-corrected chi connectivity index (χ2v) is 5.36. The van der Waals surface area contributed by atoms with Crippen molar-refractivity contribution >= 4 is 23.9 Å². The number of carbonyl (C=O) groups is 4. The normalized spacial score (nSPS) is 39.2. The Morgan fingerprint density at radius 3 is 0.950 bits per heavy atom. The van der Waals surface area contributed by atoms with Crippen molar-refractivity contribution in [3.63, 3.8) is 0 Å². The van der Waals surface area contributed by atoms with Gasteiger partial charge in [-0.1, -0.05) is 0 Å². The van der Waals surface area contributed by atoms with Gasteiger partial charge in [0.2, 0.25) is 0 Å². The Morgan fingerprint density at radius 2 is 0.800 bits per heavy atom. The lowest BCUT2D eigenvalue weighted by Crippen LogP contribution is -2.59. The van der Waals surface area contributed by atoms with Gasteiger partial charge in [-0.3, -0.25) is 19.2 Å². The van der Waals surface area contributed by atoms with Crippen molar-refractivity contribution in [1.29, 1.82) is 0 Å². The summed E-state index contributed by atoms with van der Waals surface area (Å²) in [4.78, 5) is 45.2. The Morgan fingerprint density at radius 1 is 0.600 bits per heavy atom. The van der Waals surface area contributed by atoms with Crippen LogP contribution in [0.25, 0.3) is 0 Å². The Balaban J connectivity index is 0.00000220. The lowest BCUT2D eigenvalue weighted by atomic mass is 9.50. The maximum Gasteiger partial charge on any atom is 0.307 e. The van der Waals surface area contributed by atoms with Gasteiger partial charge in [0.25, 0.3) is 0 Å². The standard InChI is InChI=1S/C12H14O8.2H2/c13-9(14)5-3-1-2-4(7(5)11(17)18)8(12(19)20)6(3)10(15)16;;/h3-8H,1-2H2,(H,13,14)(H,15,16)(H,17,18)(H,19,20);2*1H. The molecule has 4 N–H and O–H groups in total. The van der Waals surface area contributed by atoms with Gasteiger partial charge in [0.1, 0.15) is 0 Å². The van der Waals surface area contributed by atoms with Crippen LogP contribution in [0.1, 0.15) is 15.7 Å². The molecule has 114 valence electrons. The maximum atomic E-state index is 11.3. The molecule has 3 saturated carbocycles. The van der Waals surface area contributed by atoms with Crippen LogP contribution in [0.4, 0.5) is 0 Å².